The van der Waals surface area contributed by atoms with E-state index in [9.17, 15) is 31.2 Å². The fourth-order valence-electron chi connectivity index (χ4n) is 4.24. The minimum absolute atomic E-state index is 0.00895. The van der Waals surface area contributed by atoms with E-state index >= 15 is 0 Å². The van der Waals surface area contributed by atoms with Crippen LogP contribution < -0.4 is 20.1 Å². The van der Waals surface area contributed by atoms with Crippen molar-refractivity contribution in [2.75, 3.05) is 57.8 Å². The summed E-state index contributed by atoms with van der Waals surface area (Å²) in [6, 6.07) is 3.05. The molecule has 196 valence electrons. The van der Waals surface area contributed by atoms with Gasteiger partial charge in [0, 0.05) is 45.7 Å². The van der Waals surface area contributed by atoms with Gasteiger partial charge in [-0.05, 0) is 25.0 Å². The number of ether oxygens (including phenoxy) is 1. The van der Waals surface area contributed by atoms with Crippen LogP contribution in [0.4, 0.5) is 18.9 Å². The predicted molar refractivity (Wildman–Crippen MR) is 121 cm³/mol. The van der Waals surface area contributed by atoms with E-state index in [0.717, 1.165) is 12.8 Å². The Hall–Kier alpha value is -2.42. The van der Waals surface area contributed by atoms with Gasteiger partial charge >= 0.3 is 6.18 Å². The first-order valence-corrected chi connectivity index (χ1v) is 12.7. The first-order valence-electron chi connectivity index (χ1n) is 11.2. The van der Waals surface area contributed by atoms with Gasteiger partial charge in [-0.2, -0.15) is 17.9 Å². The molecule has 0 unspecified atom stereocenters. The lowest BCUT2D eigenvalue weighted by molar-refractivity contribution is -0.152. The van der Waals surface area contributed by atoms with Crippen LogP contribution in [0, 0.1) is 0 Å². The number of hydrogen-bond acceptors (Lipinski definition) is 7. The van der Waals surface area contributed by atoms with Gasteiger partial charge in [0.2, 0.25) is 21.8 Å². The van der Waals surface area contributed by atoms with E-state index in [1.165, 1.54) is 33.9 Å². The van der Waals surface area contributed by atoms with Gasteiger partial charge in [0.25, 0.3) is 0 Å². The Balaban J connectivity index is 1.76. The Morgan fingerprint density at radius 1 is 1.17 bits per heavy atom. The van der Waals surface area contributed by atoms with Crippen molar-refractivity contribution >= 4 is 27.5 Å². The summed E-state index contributed by atoms with van der Waals surface area (Å²) in [5.41, 5.74) is 6.01. The molecule has 35 heavy (non-hydrogen) atoms. The number of carbonyl (C=O) groups is 2. The third kappa shape index (κ3) is 6.63. The number of halogens is 3. The van der Waals surface area contributed by atoms with Crippen molar-refractivity contribution in [2.24, 2.45) is 5.73 Å². The molecule has 0 radical (unpaired) electrons. The number of carbonyl (C=O) groups excluding carboxylic acids is 2. The topological polar surface area (TPSA) is 125 Å². The summed E-state index contributed by atoms with van der Waals surface area (Å²) in [7, 11) is -3.02. The van der Waals surface area contributed by atoms with E-state index in [1.807, 2.05) is 0 Å². The van der Waals surface area contributed by atoms with Crippen molar-refractivity contribution in [3.8, 4) is 5.75 Å². The molecule has 0 bridgehead atoms. The Labute approximate surface area is 202 Å². The molecule has 1 aromatic rings. The number of amides is 2. The standard InChI is InChI=1S/C21H30F3N5O5S/c1-34-19-16(29-8-3-2-7-18(29)30)5-4-6-17(19)35(32,33)26-15(13-25)20(31)28-11-9-27(10-12-28)14-21(22,23)24/h4-6,15,26H,2-3,7-14,25H2,1H3/t15-/m0/s1. The van der Waals surface area contributed by atoms with E-state index in [2.05, 4.69) is 4.72 Å². The number of piperazine rings is 1. The molecule has 10 nitrogen and oxygen atoms in total. The second-order valence-corrected chi connectivity index (χ2v) is 10.1. The molecule has 2 aliphatic rings. The van der Waals surface area contributed by atoms with Crippen LogP contribution in [0.5, 0.6) is 5.75 Å². The second kappa shape index (κ2) is 11.1. The largest absolute Gasteiger partial charge is 0.493 e. The van der Waals surface area contributed by atoms with Crippen LogP contribution in [0.3, 0.4) is 0 Å². The van der Waals surface area contributed by atoms with Crippen LogP contribution in [0.25, 0.3) is 0 Å². The van der Waals surface area contributed by atoms with Gasteiger partial charge in [0.1, 0.15) is 10.9 Å². The smallest absolute Gasteiger partial charge is 0.401 e. The monoisotopic (exact) mass is 521 g/mol. The maximum atomic E-state index is 13.2. The summed E-state index contributed by atoms with van der Waals surface area (Å²) < 4.78 is 72.0. The summed E-state index contributed by atoms with van der Waals surface area (Å²) in [6.45, 7) is -0.947. The third-order valence-electron chi connectivity index (χ3n) is 5.98. The highest BCUT2D eigenvalue weighted by atomic mass is 32.2. The lowest BCUT2D eigenvalue weighted by Gasteiger charge is -2.36. The van der Waals surface area contributed by atoms with Crippen molar-refractivity contribution in [2.45, 2.75) is 36.4 Å². The van der Waals surface area contributed by atoms with Crippen LogP contribution >= 0.6 is 0 Å². The Bertz CT molecular complexity index is 1030. The highest BCUT2D eigenvalue weighted by Crippen LogP contribution is 2.36. The van der Waals surface area contributed by atoms with Crippen LogP contribution in [-0.2, 0) is 19.6 Å². The molecule has 2 heterocycles. The molecule has 14 heteroatoms. The van der Waals surface area contributed by atoms with E-state index in [0.29, 0.717) is 18.7 Å². The second-order valence-electron chi connectivity index (χ2n) is 8.44. The van der Waals surface area contributed by atoms with Crippen LogP contribution in [-0.4, -0.2) is 95.2 Å². The lowest BCUT2D eigenvalue weighted by Crippen LogP contribution is -2.57. The Morgan fingerprint density at radius 3 is 2.43 bits per heavy atom. The van der Waals surface area contributed by atoms with Gasteiger partial charge in [-0.15, -0.1) is 0 Å². The number of rotatable bonds is 8. The summed E-state index contributed by atoms with van der Waals surface area (Å²) in [5, 5.41) is 0. The first kappa shape index (κ1) is 27.2. The van der Waals surface area contributed by atoms with E-state index in [1.54, 1.807) is 6.07 Å². The first-order chi connectivity index (χ1) is 16.5. The molecule has 2 amide bonds. The van der Waals surface area contributed by atoms with Crippen LogP contribution in [0.1, 0.15) is 19.3 Å². The summed E-state index contributed by atoms with van der Waals surface area (Å²) in [4.78, 5) is 29.0. The number of piperidine rings is 1. The molecule has 2 aliphatic heterocycles. The minimum Gasteiger partial charge on any atom is -0.493 e. The number of methoxy groups -OCH3 is 1. The molecule has 0 aromatic heterocycles. The third-order valence-corrected chi connectivity index (χ3v) is 7.48. The maximum Gasteiger partial charge on any atom is 0.401 e. The zero-order chi connectivity index (χ0) is 25.8. The summed E-state index contributed by atoms with van der Waals surface area (Å²) in [6.07, 6.45) is -2.47. The molecule has 3 N–H and O–H groups in total. The van der Waals surface area contributed by atoms with Gasteiger partial charge in [-0.1, -0.05) is 6.07 Å². The fraction of sp³-hybridized carbons (Fsp3) is 0.619. The molecule has 2 saturated heterocycles. The fourth-order valence-corrected chi connectivity index (χ4v) is 5.63. The number of nitrogens with zero attached hydrogens (tertiary/aromatic N) is 3. The quantitative estimate of drug-likeness (QED) is 0.511. The molecule has 0 spiro atoms. The SMILES string of the molecule is COc1c(N2CCCCC2=O)cccc1S(=O)(=O)N[C@@H](CN)C(=O)N1CCN(CC(F)(F)F)CC1. The zero-order valence-electron chi connectivity index (χ0n) is 19.4. The zero-order valence-corrected chi connectivity index (χ0v) is 20.2. The van der Waals surface area contributed by atoms with Crippen molar-refractivity contribution < 1.29 is 35.9 Å². The van der Waals surface area contributed by atoms with Gasteiger partial charge in [-0.25, -0.2) is 8.42 Å². The van der Waals surface area contributed by atoms with Crippen molar-refractivity contribution in [1.82, 2.24) is 14.5 Å². The number of para-hydroxylation sites is 1. The number of anilines is 1. The number of nitrogens with one attached hydrogen (secondary N) is 1. The minimum atomic E-state index is -4.34. The summed E-state index contributed by atoms with van der Waals surface area (Å²) >= 11 is 0. The highest BCUT2D eigenvalue weighted by Gasteiger charge is 2.36. The van der Waals surface area contributed by atoms with Crippen molar-refractivity contribution in [1.29, 1.82) is 0 Å². The average Bonchev–Trinajstić information content (AvgIpc) is 2.81. The Kier molecular flexibility index (Phi) is 8.62. The molecule has 0 aliphatic carbocycles. The lowest BCUT2D eigenvalue weighted by atomic mass is 10.1. The molecule has 1 atom stereocenters. The summed E-state index contributed by atoms with van der Waals surface area (Å²) in [5.74, 6) is -0.792. The number of alkyl halides is 3. The molecule has 1 aromatic carbocycles. The van der Waals surface area contributed by atoms with Gasteiger partial charge in [-0.3, -0.25) is 14.5 Å². The molecular weight excluding hydrogens is 491 g/mol. The average molecular weight is 522 g/mol. The van der Waals surface area contributed by atoms with Gasteiger partial charge in [0.15, 0.2) is 5.75 Å². The predicted octanol–water partition coefficient (Wildman–Crippen LogP) is 0.524. The molecule has 0 saturated carbocycles. The normalized spacial score (nSPS) is 19.1. The number of nitrogens with two attached hydrogens (primary N) is 1. The number of sulfonamides is 1. The van der Waals surface area contributed by atoms with Crippen LogP contribution in [0.2, 0.25) is 0 Å². The van der Waals surface area contributed by atoms with E-state index < -0.39 is 34.7 Å². The van der Waals surface area contributed by atoms with Gasteiger partial charge < -0.3 is 20.3 Å². The van der Waals surface area contributed by atoms with Gasteiger partial charge in [0.05, 0.1) is 19.3 Å². The molecular formula is C21H30F3N5O5S. The van der Waals surface area contributed by atoms with Crippen LogP contribution in [0.15, 0.2) is 23.1 Å². The van der Waals surface area contributed by atoms with Crippen molar-refractivity contribution in [3.05, 3.63) is 18.2 Å². The maximum absolute atomic E-state index is 13.2. The molecule has 2 fully saturated rings. The van der Waals surface area contributed by atoms with E-state index in [4.69, 9.17) is 10.5 Å². The van der Waals surface area contributed by atoms with Crippen molar-refractivity contribution in [3.63, 3.8) is 0 Å². The van der Waals surface area contributed by atoms with E-state index in [-0.39, 0.29) is 49.3 Å². The highest BCUT2D eigenvalue weighted by molar-refractivity contribution is 7.89. The number of hydrogen-bond donors (Lipinski definition) is 2. The number of benzene rings is 1. The molecule has 3 rings (SSSR count). The Morgan fingerprint density at radius 2 is 1.86 bits per heavy atom.